The number of hydrogen-bond acceptors (Lipinski definition) is 3. The van der Waals surface area contributed by atoms with Crippen LogP contribution in [0.25, 0.3) is 0 Å². The second-order valence-corrected chi connectivity index (χ2v) is 6.63. The zero-order valence-electron chi connectivity index (χ0n) is 12.2. The van der Waals surface area contributed by atoms with Gasteiger partial charge in [-0.3, -0.25) is 0 Å². The summed E-state index contributed by atoms with van der Waals surface area (Å²) in [6.45, 7) is 2.80. The molecule has 19 heavy (non-hydrogen) atoms. The maximum absolute atomic E-state index is 5.78. The average Bonchev–Trinajstić information content (AvgIpc) is 2.91. The monoisotopic (exact) mass is 267 g/mol. The van der Waals surface area contributed by atoms with Gasteiger partial charge in [0, 0.05) is 18.9 Å². The molecule has 0 unspecified atom stereocenters. The van der Waals surface area contributed by atoms with E-state index in [9.17, 15) is 0 Å². The van der Waals surface area contributed by atoms with Crippen molar-refractivity contribution >= 4 is 0 Å². The second kappa shape index (κ2) is 6.55. The lowest BCUT2D eigenvalue weighted by molar-refractivity contribution is -0.179. The molecule has 110 valence electrons. The molecule has 3 rings (SSSR count). The Morgan fingerprint density at radius 1 is 0.895 bits per heavy atom. The van der Waals surface area contributed by atoms with Crippen LogP contribution in [0.15, 0.2) is 0 Å². The van der Waals surface area contributed by atoms with E-state index in [2.05, 4.69) is 5.32 Å². The molecule has 1 aliphatic heterocycles. The third-order valence-electron chi connectivity index (χ3n) is 5.27. The van der Waals surface area contributed by atoms with Crippen molar-refractivity contribution in [3.8, 4) is 0 Å². The van der Waals surface area contributed by atoms with Gasteiger partial charge in [0.25, 0.3) is 0 Å². The summed E-state index contributed by atoms with van der Waals surface area (Å²) >= 11 is 0. The predicted molar refractivity (Wildman–Crippen MR) is 76.1 cm³/mol. The number of ether oxygens (including phenoxy) is 2. The van der Waals surface area contributed by atoms with Crippen molar-refractivity contribution < 1.29 is 9.47 Å². The van der Waals surface area contributed by atoms with E-state index in [-0.39, 0.29) is 5.79 Å². The van der Waals surface area contributed by atoms with E-state index >= 15 is 0 Å². The highest BCUT2D eigenvalue weighted by molar-refractivity contribution is 4.85. The first-order valence-corrected chi connectivity index (χ1v) is 8.38. The summed E-state index contributed by atoms with van der Waals surface area (Å²) in [5.74, 6) is 0.805. The van der Waals surface area contributed by atoms with E-state index in [1.807, 2.05) is 0 Å². The lowest BCUT2D eigenvalue weighted by Gasteiger charge is -2.36. The standard InChI is InChI=1S/C16H29NO2/c1-2-4-14(5-3-1)8-11-17-15-6-9-16(10-7-15)18-12-13-19-16/h14-15,17H,1-13H2. The van der Waals surface area contributed by atoms with Crippen molar-refractivity contribution in [1.29, 1.82) is 0 Å². The van der Waals surface area contributed by atoms with Crippen molar-refractivity contribution in [2.75, 3.05) is 19.8 Å². The van der Waals surface area contributed by atoms with Crippen LogP contribution in [0.3, 0.4) is 0 Å². The van der Waals surface area contributed by atoms with E-state index in [1.54, 1.807) is 0 Å². The molecule has 0 bridgehead atoms. The third kappa shape index (κ3) is 3.71. The summed E-state index contributed by atoms with van der Waals surface area (Å²) in [4.78, 5) is 0. The molecule has 0 atom stereocenters. The maximum atomic E-state index is 5.78. The summed E-state index contributed by atoms with van der Waals surface area (Å²) in [6, 6.07) is 0.696. The Morgan fingerprint density at radius 3 is 2.26 bits per heavy atom. The maximum Gasteiger partial charge on any atom is 0.168 e. The molecule has 1 N–H and O–H groups in total. The zero-order valence-corrected chi connectivity index (χ0v) is 12.2. The zero-order chi connectivity index (χ0) is 13.0. The normalized spacial score (nSPS) is 29.1. The van der Waals surface area contributed by atoms with Crippen LogP contribution in [0.1, 0.15) is 64.2 Å². The van der Waals surface area contributed by atoms with Crippen molar-refractivity contribution in [3.05, 3.63) is 0 Å². The van der Waals surface area contributed by atoms with Crippen LogP contribution < -0.4 is 5.32 Å². The van der Waals surface area contributed by atoms with Gasteiger partial charge in [-0.25, -0.2) is 0 Å². The molecule has 0 aromatic carbocycles. The quantitative estimate of drug-likeness (QED) is 0.848. The van der Waals surface area contributed by atoms with Gasteiger partial charge in [-0.1, -0.05) is 32.1 Å². The van der Waals surface area contributed by atoms with Gasteiger partial charge in [-0.15, -0.1) is 0 Å². The first-order valence-electron chi connectivity index (χ1n) is 8.38. The summed E-state index contributed by atoms with van der Waals surface area (Å²) in [5, 5.41) is 3.76. The third-order valence-corrected chi connectivity index (χ3v) is 5.27. The van der Waals surface area contributed by atoms with Crippen LogP contribution >= 0.6 is 0 Å². The first-order chi connectivity index (χ1) is 9.36. The Morgan fingerprint density at radius 2 is 1.58 bits per heavy atom. The molecule has 0 amide bonds. The molecule has 3 nitrogen and oxygen atoms in total. The van der Waals surface area contributed by atoms with E-state index in [0.717, 1.165) is 32.0 Å². The molecule has 2 aliphatic carbocycles. The molecule has 0 aromatic heterocycles. The smallest absolute Gasteiger partial charge is 0.168 e. The fraction of sp³-hybridized carbons (Fsp3) is 1.00. The van der Waals surface area contributed by atoms with Gasteiger partial charge in [0.05, 0.1) is 13.2 Å². The Kier molecular flexibility index (Phi) is 4.78. The molecule has 3 heteroatoms. The Balaban J connectivity index is 1.31. The first kappa shape index (κ1) is 13.8. The van der Waals surface area contributed by atoms with Gasteiger partial charge in [0.2, 0.25) is 0 Å². The van der Waals surface area contributed by atoms with Crippen LogP contribution in [0, 0.1) is 5.92 Å². The molecule has 3 aliphatic rings. The summed E-state index contributed by atoms with van der Waals surface area (Å²) in [6.07, 6.45) is 13.3. The van der Waals surface area contributed by atoms with Crippen molar-refractivity contribution in [2.45, 2.75) is 76.0 Å². The van der Waals surface area contributed by atoms with Gasteiger partial charge >= 0.3 is 0 Å². The molecular formula is C16H29NO2. The summed E-state index contributed by atoms with van der Waals surface area (Å²) < 4.78 is 11.6. The van der Waals surface area contributed by atoms with Crippen molar-refractivity contribution in [1.82, 2.24) is 5.32 Å². The van der Waals surface area contributed by atoms with Crippen LogP contribution in [-0.2, 0) is 9.47 Å². The number of rotatable bonds is 4. The van der Waals surface area contributed by atoms with Gasteiger partial charge in [-0.2, -0.15) is 0 Å². The van der Waals surface area contributed by atoms with Gasteiger partial charge in [-0.05, 0) is 31.7 Å². The highest BCUT2D eigenvalue weighted by atomic mass is 16.7. The van der Waals surface area contributed by atoms with E-state index < -0.39 is 0 Å². The Bertz CT molecular complexity index is 260. The molecule has 3 fully saturated rings. The molecular weight excluding hydrogens is 238 g/mol. The highest BCUT2D eigenvalue weighted by Crippen LogP contribution is 2.35. The van der Waals surface area contributed by atoms with Crippen molar-refractivity contribution in [2.24, 2.45) is 5.92 Å². The number of hydrogen-bond donors (Lipinski definition) is 1. The summed E-state index contributed by atoms with van der Waals surface area (Å²) in [7, 11) is 0. The number of nitrogens with one attached hydrogen (secondary N) is 1. The SMILES string of the molecule is C1CCC(CCNC2CCC3(CC2)OCCO3)CC1. The molecule has 1 saturated heterocycles. The topological polar surface area (TPSA) is 30.5 Å². The second-order valence-electron chi connectivity index (χ2n) is 6.63. The summed E-state index contributed by atoms with van der Waals surface area (Å²) in [5.41, 5.74) is 0. The van der Waals surface area contributed by atoms with Gasteiger partial charge in [0.15, 0.2) is 5.79 Å². The predicted octanol–water partition coefficient (Wildman–Crippen LogP) is 3.23. The Hall–Kier alpha value is -0.120. The highest BCUT2D eigenvalue weighted by Gasteiger charge is 2.40. The van der Waals surface area contributed by atoms with E-state index in [1.165, 1.54) is 57.9 Å². The van der Waals surface area contributed by atoms with Crippen molar-refractivity contribution in [3.63, 3.8) is 0 Å². The molecule has 2 saturated carbocycles. The van der Waals surface area contributed by atoms with Gasteiger partial charge < -0.3 is 14.8 Å². The van der Waals surface area contributed by atoms with E-state index in [4.69, 9.17) is 9.47 Å². The molecule has 1 heterocycles. The fourth-order valence-corrected chi connectivity index (χ4v) is 4.01. The van der Waals surface area contributed by atoms with Gasteiger partial charge in [0.1, 0.15) is 0 Å². The van der Waals surface area contributed by atoms with E-state index in [0.29, 0.717) is 6.04 Å². The molecule has 0 aromatic rings. The van der Waals surface area contributed by atoms with Crippen LogP contribution in [0.5, 0.6) is 0 Å². The minimum absolute atomic E-state index is 0.193. The lowest BCUT2D eigenvalue weighted by Crippen LogP contribution is -2.42. The minimum Gasteiger partial charge on any atom is -0.348 e. The minimum atomic E-state index is -0.193. The van der Waals surface area contributed by atoms with Crippen LogP contribution in [0.4, 0.5) is 0 Å². The Labute approximate surface area is 117 Å². The molecule has 0 radical (unpaired) electrons. The fourth-order valence-electron chi connectivity index (χ4n) is 4.01. The van der Waals surface area contributed by atoms with Crippen LogP contribution in [-0.4, -0.2) is 31.6 Å². The lowest BCUT2D eigenvalue weighted by atomic mass is 9.86. The van der Waals surface area contributed by atoms with Crippen LogP contribution in [0.2, 0.25) is 0 Å². The average molecular weight is 267 g/mol. The molecule has 1 spiro atoms. The largest absolute Gasteiger partial charge is 0.348 e.